The van der Waals surface area contributed by atoms with E-state index in [-0.39, 0.29) is 0 Å². The molecule has 0 saturated carbocycles. The van der Waals surface area contributed by atoms with Crippen molar-refractivity contribution in [2.45, 2.75) is 20.8 Å². The monoisotopic (exact) mass is 378 g/mol. The van der Waals surface area contributed by atoms with Gasteiger partial charge in [0, 0.05) is 24.5 Å². The highest BCUT2D eigenvalue weighted by Gasteiger charge is 2.08. The Hall–Kier alpha value is -3.35. The maximum atomic E-state index is 5.36. The average molecular weight is 378 g/mol. The summed E-state index contributed by atoms with van der Waals surface area (Å²) in [6.07, 6.45) is 1.58. The van der Waals surface area contributed by atoms with Crippen molar-refractivity contribution in [1.29, 1.82) is 0 Å². The molecule has 1 aromatic heterocycles. The number of nitrogens with zero attached hydrogens (tertiary/aromatic N) is 4. The molecule has 0 aliphatic rings. The lowest BCUT2D eigenvalue weighted by atomic mass is 10.1. The molecule has 0 amide bonds. The zero-order valence-corrected chi connectivity index (χ0v) is 16.7. The number of hydrogen-bond donors (Lipinski definition) is 2. The molecule has 146 valence electrons. The third-order valence-corrected chi connectivity index (χ3v) is 4.51. The fourth-order valence-corrected chi connectivity index (χ4v) is 3.00. The van der Waals surface area contributed by atoms with Crippen molar-refractivity contribution in [1.82, 2.24) is 15.2 Å². The van der Waals surface area contributed by atoms with Crippen molar-refractivity contribution >= 4 is 28.8 Å². The number of aryl methyl sites for hydroxylation is 1. The zero-order chi connectivity index (χ0) is 19.9. The van der Waals surface area contributed by atoms with Gasteiger partial charge in [0.1, 0.15) is 5.75 Å². The van der Waals surface area contributed by atoms with E-state index in [2.05, 4.69) is 63.6 Å². The van der Waals surface area contributed by atoms with Crippen LogP contribution in [0.15, 0.2) is 48.7 Å². The molecular formula is C21H26N6O. The number of aromatic nitrogens is 3. The third kappa shape index (κ3) is 4.49. The molecule has 0 unspecified atom stereocenters. The van der Waals surface area contributed by atoms with Crippen LogP contribution >= 0.6 is 0 Å². The summed E-state index contributed by atoms with van der Waals surface area (Å²) in [6.45, 7) is 8.34. The third-order valence-electron chi connectivity index (χ3n) is 4.51. The van der Waals surface area contributed by atoms with E-state index in [1.807, 2.05) is 30.3 Å². The summed E-state index contributed by atoms with van der Waals surface area (Å²) in [5.41, 5.74) is 4.10. The largest absolute Gasteiger partial charge is 0.495 e. The van der Waals surface area contributed by atoms with E-state index < -0.39 is 0 Å². The van der Waals surface area contributed by atoms with Gasteiger partial charge in [0.25, 0.3) is 0 Å². The van der Waals surface area contributed by atoms with E-state index in [1.165, 1.54) is 5.69 Å². The van der Waals surface area contributed by atoms with Crippen LogP contribution in [0.4, 0.5) is 28.8 Å². The number of rotatable bonds is 8. The summed E-state index contributed by atoms with van der Waals surface area (Å²) >= 11 is 0. The second-order valence-electron chi connectivity index (χ2n) is 6.29. The van der Waals surface area contributed by atoms with Crippen LogP contribution in [0.25, 0.3) is 0 Å². The van der Waals surface area contributed by atoms with Crippen LogP contribution in [0.3, 0.4) is 0 Å². The van der Waals surface area contributed by atoms with Gasteiger partial charge in [-0.3, -0.25) is 0 Å². The molecule has 0 spiro atoms. The molecule has 0 aliphatic heterocycles. The number of nitrogens with one attached hydrogen (secondary N) is 2. The van der Waals surface area contributed by atoms with Crippen LogP contribution in [-0.4, -0.2) is 35.4 Å². The van der Waals surface area contributed by atoms with Crippen LogP contribution in [0.2, 0.25) is 0 Å². The lowest BCUT2D eigenvalue weighted by Crippen LogP contribution is -2.21. The van der Waals surface area contributed by atoms with E-state index >= 15 is 0 Å². The van der Waals surface area contributed by atoms with E-state index in [1.54, 1.807) is 13.3 Å². The highest BCUT2D eigenvalue weighted by molar-refractivity contribution is 5.66. The van der Waals surface area contributed by atoms with Crippen molar-refractivity contribution in [3.63, 3.8) is 0 Å². The van der Waals surface area contributed by atoms with Gasteiger partial charge in [0.05, 0.1) is 19.0 Å². The van der Waals surface area contributed by atoms with E-state index in [4.69, 9.17) is 4.74 Å². The number of benzene rings is 2. The van der Waals surface area contributed by atoms with Gasteiger partial charge >= 0.3 is 0 Å². The second kappa shape index (κ2) is 9.03. The van der Waals surface area contributed by atoms with Gasteiger partial charge in [0.2, 0.25) is 5.95 Å². The predicted octanol–water partition coefficient (Wildman–Crippen LogP) is 4.52. The molecule has 0 atom stereocenters. The lowest BCUT2D eigenvalue weighted by molar-refractivity contribution is 0.417. The first-order valence-corrected chi connectivity index (χ1v) is 9.37. The molecule has 0 bridgehead atoms. The zero-order valence-electron chi connectivity index (χ0n) is 16.7. The van der Waals surface area contributed by atoms with Crippen LogP contribution in [0, 0.1) is 6.92 Å². The van der Waals surface area contributed by atoms with Crippen molar-refractivity contribution < 1.29 is 4.74 Å². The summed E-state index contributed by atoms with van der Waals surface area (Å²) < 4.78 is 5.36. The Labute approximate surface area is 165 Å². The van der Waals surface area contributed by atoms with Gasteiger partial charge in [-0.2, -0.15) is 10.1 Å². The Morgan fingerprint density at radius 3 is 2.50 bits per heavy atom. The first-order valence-electron chi connectivity index (χ1n) is 9.37. The molecule has 3 rings (SSSR count). The van der Waals surface area contributed by atoms with Crippen molar-refractivity contribution in [2.24, 2.45) is 0 Å². The first kappa shape index (κ1) is 19.4. The maximum absolute atomic E-state index is 5.36. The SMILES string of the molecule is CCN(CC)c1ccc(Nc2nncc(Nc3ccccc3OC)n2)c(C)c1. The topological polar surface area (TPSA) is 75.2 Å². The Bertz CT molecular complexity index is 926. The highest BCUT2D eigenvalue weighted by atomic mass is 16.5. The molecule has 0 fully saturated rings. The van der Waals surface area contributed by atoms with Gasteiger partial charge in [0.15, 0.2) is 5.82 Å². The van der Waals surface area contributed by atoms with Gasteiger partial charge in [-0.15, -0.1) is 5.10 Å². The molecule has 7 heteroatoms. The number of anilines is 5. The molecule has 3 aromatic rings. The first-order chi connectivity index (χ1) is 13.6. The smallest absolute Gasteiger partial charge is 0.249 e. The molecule has 7 nitrogen and oxygen atoms in total. The molecule has 0 radical (unpaired) electrons. The van der Waals surface area contributed by atoms with Crippen LogP contribution in [0.5, 0.6) is 5.75 Å². The molecule has 0 aliphatic carbocycles. The molecular weight excluding hydrogens is 352 g/mol. The van der Waals surface area contributed by atoms with Crippen LogP contribution < -0.4 is 20.3 Å². The van der Waals surface area contributed by atoms with Gasteiger partial charge in [-0.1, -0.05) is 12.1 Å². The Balaban J connectivity index is 1.78. The van der Waals surface area contributed by atoms with Gasteiger partial charge < -0.3 is 20.3 Å². The Kier molecular flexibility index (Phi) is 6.26. The summed E-state index contributed by atoms with van der Waals surface area (Å²) in [7, 11) is 1.64. The van der Waals surface area contributed by atoms with E-state index in [0.29, 0.717) is 11.8 Å². The van der Waals surface area contributed by atoms with Crippen molar-refractivity contribution in [3.8, 4) is 5.75 Å². The lowest BCUT2D eigenvalue weighted by Gasteiger charge is -2.22. The molecule has 28 heavy (non-hydrogen) atoms. The van der Waals surface area contributed by atoms with E-state index in [9.17, 15) is 0 Å². The van der Waals surface area contributed by atoms with Crippen molar-refractivity contribution in [3.05, 3.63) is 54.2 Å². The van der Waals surface area contributed by atoms with Crippen LogP contribution in [-0.2, 0) is 0 Å². The minimum absolute atomic E-state index is 0.429. The summed E-state index contributed by atoms with van der Waals surface area (Å²) in [6, 6.07) is 14.0. The minimum Gasteiger partial charge on any atom is -0.495 e. The van der Waals surface area contributed by atoms with Gasteiger partial charge in [-0.05, 0) is 56.7 Å². The Morgan fingerprint density at radius 1 is 1.00 bits per heavy atom. The predicted molar refractivity (Wildman–Crippen MR) is 114 cm³/mol. The number of ether oxygens (including phenoxy) is 1. The minimum atomic E-state index is 0.429. The van der Waals surface area contributed by atoms with Gasteiger partial charge in [-0.25, -0.2) is 0 Å². The average Bonchev–Trinajstić information content (AvgIpc) is 2.71. The summed E-state index contributed by atoms with van der Waals surface area (Å²) in [5.74, 6) is 1.75. The Morgan fingerprint density at radius 2 is 1.79 bits per heavy atom. The fraction of sp³-hybridized carbons (Fsp3) is 0.286. The highest BCUT2D eigenvalue weighted by Crippen LogP contribution is 2.27. The summed E-state index contributed by atoms with van der Waals surface area (Å²) in [5, 5.41) is 14.6. The molecule has 2 N–H and O–H groups in total. The fourth-order valence-electron chi connectivity index (χ4n) is 3.00. The maximum Gasteiger partial charge on any atom is 0.249 e. The summed E-state index contributed by atoms with van der Waals surface area (Å²) in [4.78, 5) is 6.82. The molecule has 2 aromatic carbocycles. The normalized spacial score (nSPS) is 10.4. The number of hydrogen-bond acceptors (Lipinski definition) is 7. The molecule has 0 saturated heterocycles. The van der Waals surface area contributed by atoms with Crippen LogP contribution in [0.1, 0.15) is 19.4 Å². The van der Waals surface area contributed by atoms with E-state index in [0.717, 1.165) is 35.8 Å². The molecule has 1 heterocycles. The number of methoxy groups -OCH3 is 1. The second-order valence-corrected chi connectivity index (χ2v) is 6.29. The number of para-hydroxylation sites is 2. The quantitative estimate of drug-likeness (QED) is 0.597. The standard InChI is InChI=1S/C21H26N6O/c1-5-27(6-2)16-11-12-17(15(3)13-16)24-21-25-20(14-22-26-21)23-18-9-7-8-10-19(18)28-4/h7-14H,5-6H2,1-4H3,(H2,23,24,25,26). The van der Waals surface area contributed by atoms with Crippen molar-refractivity contribution in [2.75, 3.05) is 35.7 Å².